The molecule has 0 saturated heterocycles. The minimum Gasteiger partial charge on any atom is -0.355 e. The quantitative estimate of drug-likeness (QED) is 0.707. The molecule has 0 fully saturated rings. The Morgan fingerprint density at radius 3 is 2.14 bits per heavy atom. The summed E-state index contributed by atoms with van der Waals surface area (Å²) < 4.78 is 0. The number of carbonyl (C=O) groups is 1. The third-order valence-corrected chi connectivity index (χ3v) is 2.78. The Bertz CT molecular complexity index is 197. The second kappa shape index (κ2) is 4.78. The number of nitrogens with one attached hydrogen (secondary N) is 1. The van der Waals surface area contributed by atoms with Crippen LogP contribution in [0.25, 0.3) is 0 Å². The first-order valence-electron chi connectivity index (χ1n) is 5.23. The summed E-state index contributed by atoms with van der Waals surface area (Å²) >= 11 is 0. The Hall–Kier alpha value is -0.570. The van der Waals surface area contributed by atoms with E-state index in [4.69, 9.17) is 5.73 Å². The van der Waals surface area contributed by atoms with E-state index < -0.39 is 0 Å². The molecule has 0 saturated carbocycles. The summed E-state index contributed by atoms with van der Waals surface area (Å²) in [6.45, 7) is 11.3. The maximum Gasteiger partial charge on any atom is 0.225 e. The first-order valence-corrected chi connectivity index (χ1v) is 5.23. The smallest absolute Gasteiger partial charge is 0.225 e. The lowest BCUT2D eigenvalue weighted by Crippen LogP contribution is -2.43. The number of rotatable bonds is 5. The molecule has 0 aliphatic carbocycles. The van der Waals surface area contributed by atoms with Crippen molar-refractivity contribution in [3.63, 3.8) is 0 Å². The summed E-state index contributed by atoms with van der Waals surface area (Å²) in [5.74, 6) is 0.113. The van der Waals surface area contributed by atoms with Crippen molar-refractivity contribution in [3.05, 3.63) is 0 Å². The van der Waals surface area contributed by atoms with Crippen LogP contribution in [-0.4, -0.2) is 19.0 Å². The maximum absolute atomic E-state index is 11.7. The van der Waals surface area contributed by atoms with Crippen LogP contribution in [0.5, 0.6) is 0 Å². The van der Waals surface area contributed by atoms with Gasteiger partial charge in [0.15, 0.2) is 0 Å². The molecular weight excluding hydrogens is 176 g/mol. The van der Waals surface area contributed by atoms with Crippen molar-refractivity contribution in [2.24, 2.45) is 16.6 Å². The Morgan fingerprint density at radius 1 is 1.29 bits per heavy atom. The third kappa shape index (κ3) is 4.09. The van der Waals surface area contributed by atoms with Gasteiger partial charge in [0.1, 0.15) is 0 Å². The molecule has 0 heterocycles. The molecule has 0 radical (unpaired) electrons. The first kappa shape index (κ1) is 13.4. The molecule has 1 amide bonds. The van der Waals surface area contributed by atoms with Crippen LogP contribution in [0.15, 0.2) is 0 Å². The highest BCUT2D eigenvalue weighted by atomic mass is 16.2. The van der Waals surface area contributed by atoms with E-state index in [-0.39, 0.29) is 16.7 Å². The number of carbonyl (C=O) groups excluding carboxylic acids is 1. The molecule has 0 aromatic rings. The van der Waals surface area contributed by atoms with Crippen molar-refractivity contribution in [1.29, 1.82) is 0 Å². The fourth-order valence-electron chi connectivity index (χ4n) is 0.792. The summed E-state index contributed by atoms with van der Waals surface area (Å²) in [6, 6.07) is 0. The fourth-order valence-corrected chi connectivity index (χ4v) is 0.792. The topological polar surface area (TPSA) is 55.1 Å². The molecule has 0 rings (SSSR count). The van der Waals surface area contributed by atoms with Gasteiger partial charge in [-0.05, 0) is 18.4 Å². The maximum atomic E-state index is 11.7. The lowest BCUT2D eigenvalue weighted by molar-refractivity contribution is -0.129. The second-order valence-corrected chi connectivity index (χ2v) is 5.29. The Kier molecular flexibility index (Phi) is 4.59. The molecule has 14 heavy (non-hydrogen) atoms. The van der Waals surface area contributed by atoms with E-state index in [1.165, 1.54) is 0 Å². The number of amides is 1. The zero-order chi connectivity index (χ0) is 11.4. The number of hydrogen-bond donors (Lipinski definition) is 2. The van der Waals surface area contributed by atoms with Crippen LogP contribution >= 0.6 is 0 Å². The van der Waals surface area contributed by atoms with Crippen molar-refractivity contribution in [2.75, 3.05) is 13.1 Å². The van der Waals surface area contributed by atoms with Crippen LogP contribution in [0.2, 0.25) is 0 Å². The van der Waals surface area contributed by atoms with Crippen molar-refractivity contribution in [2.45, 2.75) is 41.0 Å². The predicted octanol–water partition coefficient (Wildman–Crippen LogP) is 1.52. The van der Waals surface area contributed by atoms with Crippen molar-refractivity contribution in [1.82, 2.24) is 5.32 Å². The normalized spacial score (nSPS) is 12.7. The summed E-state index contributed by atoms with van der Waals surface area (Å²) in [5.41, 5.74) is 5.30. The van der Waals surface area contributed by atoms with E-state index in [0.29, 0.717) is 13.1 Å². The van der Waals surface area contributed by atoms with Gasteiger partial charge in [-0.2, -0.15) is 0 Å². The standard InChI is InChI=1S/C11H24N2O/c1-6-11(4,5)9(14)13-8-10(2,3)7-12/h6-8,12H2,1-5H3,(H,13,14). The van der Waals surface area contributed by atoms with Crippen molar-refractivity contribution < 1.29 is 4.79 Å². The number of nitrogens with two attached hydrogens (primary N) is 1. The van der Waals surface area contributed by atoms with E-state index in [1.807, 2.05) is 34.6 Å². The molecular formula is C11H24N2O. The van der Waals surface area contributed by atoms with Gasteiger partial charge in [-0.3, -0.25) is 4.79 Å². The highest BCUT2D eigenvalue weighted by Crippen LogP contribution is 2.20. The molecule has 0 atom stereocenters. The molecule has 3 nitrogen and oxygen atoms in total. The summed E-state index contributed by atoms with van der Waals surface area (Å²) in [4.78, 5) is 11.7. The lowest BCUT2D eigenvalue weighted by atomic mass is 9.88. The minimum atomic E-state index is -0.273. The van der Waals surface area contributed by atoms with Crippen LogP contribution in [0.3, 0.4) is 0 Å². The van der Waals surface area contributed by atoms with Gasteiger partial charge in [0.25, 0.3) is 0 Å². The minimum absolute atomic E-state index is 0.0144. The van der Waals surface area contributed by atoms with E-state index in [0.717, 1.165) is 6.42 Å². The van der Waals surface area contributed by atoms with Gasteiger partial charge in [0.2, 0.25) is 5.91 Å². The van der Waals surface area contributed by atoms with Gasteiger partial charge >= 0.3 is 0 Å². The SMILES string of the molecule is CCC(C)(C)C(=O)NCC(C)(C)CN. The number of hydrogen-bond acceptors (Lipinski definition) is 2. The molecule has 0 aromatic carbocycles. The van der Waals surface area contributed by atoms with Gasteiger partial charge in [0.05, 0.1) is 0 Å². The first-order chi connectivity index (χ1) is 6.25. The average molecular weight is 200 g/mol. The monoisotopic (exact) mass is 200 g/mol. The van der Waals surface area contributed by atoms with Crippen LogP contribution in [0.4, 0.5) is 0 Å². The summed E-state index contributed by atoms with van der Waals surface area (Å²) in [6.07, 6.45) is 0.849. The summed E-state index contributed by atoms with van der Waals surface area (Å²) in [5, 5.41) is 2.95. The Labute approximate surface area is 87.4 Å². The van der Waals surface area contributed by atoms with E-state index in [2.05, 4.69) is 5.32 Å². The average Bonchev–Trinajstić information content (AvgIpc) is 2.14. The summed E-state index contributed by atoms with van der Waals surface area (Å²) in [7, 11) is 0. The molecule has 84 valence electrons. The van der Waals surface area contributed by atoms with Crippen LogP contribution in [0, 0.1) is 10.8 Å². The van der Waals surface area contributed by atoms with Crippen LogP contribution < -0.4 is 11.1 Å². The van der Waals surface area contributed by atoms with Gasteiger partial charge in [0, 0.05) is 12.0 Å². The molecule has 0 spiro atoms. The van der Waals surface area contributed by atoms with Crippen LogP contribution in [-0.2, 0) is 4.79 Å². The van der Waals surface area contributed by atoms with Gasteiger partial charge in [-0.1, -0.05) is 34.6 Å². The molecule has 0 aliphatic heterocycles. The Balaban J connectivity index is 4.10. The zero-order valence-corrected chi connectivity index (χ0v) is 10.1. The lowest BCUT2D eigenvalue weighted by Gasteiger charge is -2.27. The Morgan fingerprint density at radius 2 is 1.79 bits per heavy atom. The zero-order valence-electron chi connectivity index (χ0n) is 10.1. The predicted molar refractivity (Wildman–Crippen MR) is 59.9 cm³/mol. The van der Waals surface area contributed by atoms with E-state index >= 15 is 0 Å². The van der Waals surface area contributed by atoms with Gasteiger partial charge in [-0.25, -0.2) is 0 Å². The van der Waals surface area contributed by atoms with E-state index in [9.17, 15) is 4.79 Å². The fraction of sp³-hybridized carbons (Fsp3) is 0.909. The molecule has 0 aliphatic rings. The van der Waals surface area contributed by atoms with Crippen molar-refractivity contribution in [3.8, 4) is 0 Å². The largest absolute Gasteiger partial charge is 0.355 e. The van der Waals surface area contributed by atoms with E-state index in [1.54, 1.807) is 0 Å². The van der Waals surface area contributed by atoms with Gasteiger partial charge in [-0.15, -0.1) is 0 Å². The molecule has 3 heteroatoms. The molecule has 3 N–H and O–H groups in total. The third-order valence-electron chi connectivity index (χ3n) is 2.78. The molecule has 0 aromatic heterocycles. The molecule has 0 unspecified atom stereocenters. The molecule has 0 bridgehead atoms. The second-order valence-electron chi connectivity index (χ2n) is 5.29. The van der Waals surface area contributed by atoms with Gasteiger partial charge < -0.3 is 11.1 Å². The highest BCUT2D eigenvalue weighted by Gasteiger charge is 2.26. The van der Waals surface area contributed by atoms with Crippen LogP contribution in [0.1, 0.15) is 41.0 Å². The van der Waals surface area contributed by atoms with Crippen molar-refractivity contribution >= 4 is 5.91 Å². The highest BCUT2D eigenvalue weighted by molar-refractivity contribution is 5.81.